The number of benzene rings is 1. The lowest BCUT2D eigenvalue weighted by Gasteiger charge is -2.06. The Morgan fingerprint density at radius 2 is 2.09 bits per heavy atom. The zero-order chi connectivity index (χ0) is 15.9. The summed E-state index contributed by atoms with van der Waals surface area (Å²) in [5.74, 6) is -0.402. The molecule has 1 heterocycles. The molecule has 0 saturated carbocycles. The first-order valence-corrected chi connectivity index (χ1v) is 6.82. The monoisotopic (exact) mass is 305 g/mol. The Balaban J connectivity index is 2.19. The highest BCUT2D eigenvalue weighted by atomic mass is 16.5. The summed E-state index contributed by atoms with van der Waals surface area (Å²) in [5, 5.41) is 8.09. The van der Waals surface area contributed by atoms with Gasteiger partial charge in [0.2, 0.25) is 0 Å². The number of carbonyl (C=O) groups excluding carboxylic acids is 1. The van der Waals surface area contributed by atoms with E-state index in [-0.39, 0.29) is 6.73 Å². The number of carbonyl (C=O) groups is 1. The van der Waals surface area contributed by atoms with E-state index in [2.05, 4.69) is 10.3 Å². The first kappa shape index (κ1) is 16.1. The van der Waals surface area contributed by atoms with Crippen LogP contribution in [0, 0.1) is 6.92 Å². The molecule has 22 heavy (non-hydrogen) atoms. The van der Waals surface area contributed by atoms with Gasteiger partial charge in [-0.15, -0.1) is 5.10 Å². The first-order chi connectivity index (χ1) is 10.7. The van der Waals surface area contributed by atoms with E-state index in [4.69, 9.17) is 14.2 Å². The molecule has 0 saturated heterocycles. The van der Waals surface area contributed by atoms with E-state index in [1.165, 1.54) is 7.11 Å². The van der Waals surface area contributed by atoms with Crippen LogP contribution >= 0.6 is 0 Å². The molecular weight excluding hydrogens is 286 g/mol. The van der Waals surface area contributed by atoms with Crippen LogP contribution in [0.5, 0.6) is 0 Å². The number of methoxy groups -OCH3 is 2. The summed E-state index contributed by atoms with van der Waals surface area (Å²) in [5.41, 5.74) is 2.77. The van der Waals surface area contributed by atoms with E-state index in [1.54, 1.807) is 24.1 Å². The van der Waals surface area contributed by atoms with Crippen LogP contribution in [0.1, 0.15) is 15.9 Å². The summed E-state index contributed by atoms with van der Waals surface area (Å²) < 4.78 is 16.6. The molecule has 0 spiro atoms. The lowest BCUT2D eigenvalue weighted by molar-refractivity contribution is 0.0281. The predicted molar refractivity (Wildman–Crippen MR) is 79.4 cm³/mol. The molecule has 7 heteroatoms. The summed E-state index contributed by atoms with van der Waals surface area (Å²) in [6.07, 6.45) is 1.73. The maximum absolute atomic E-state index is 11.9. The standard InChI is InChI=1S/C15H19N3O4/c1-11-4-5-12(15(19)21-3)13(8-11)14-9-18(17-16-14)10-22-7-6-20-2/h4-5,8-9H,6-7,10H2,1-3H3. The third-order valence-electron chi connectivity index (χ3n) is 3.05. The number of esters is 1. The third kappa shape index (κ3) is 3.90. The predicted octanol–water partition coefficient (Wildman–Crippen LogP) is 1.66. The van der Waals surface area contributed by atoms with Crippen molar-refractivity contribution in [2.75, 3.05) is 27.4 Å². The molecule has 0 aliphatic heterocycles. The summed E-state index contributed by atoms with van der Waals surface area (Å²) in [6.45, 7) is 3.22. The van der Waals surface area contributed by atoms with Gasteiger partial charge in [0.05, 0.1) is 32.1 Å². The summed E-state index contributed by atoms with van der Waals surface area (Å²) in [6, 6.07) is 5.46. The van der Waals surface area contributed by atoms with E-state index in [0.717, 1.165) is 5.56 Å². The van der Waals surface area contributed by atoms with Crippen molar-refractivity contribution in [1.82, 2.24) is 15.0 Å². The van der Waals surface area contributed by atoms with Crippen LogP contribution in [0.15, 0.2) is 24.4 Å². The molecule has 0 atom stereocenters. The molecule has 0 N–H and O–H groups in total. The zero-order valence-electron chi connectivity index (χ0n) is 12.9. The van der Waals surface area contributed by atoms with Gasteiger partial charge in [-0.05, 0) is 19.1 Å². The molecule has 2 rings (SSSR count). The molecule has 0 fully saturated rings. The molecule has 0 bridgehead atoms. The van der Waals surface area contributed by atoms with Crippen molar-refractivity contribution in [3.63, 3.8) is 0 Å². The normalized spacial score (nSPS) is 10.7. The van der Waals surface area contributed by atoms with E-state index < -0.39 is 5.97 Å². The van der Waals surface area contributed by atoms with E-state index in [9.17, 15) is 4.79 Å². The Morgan fingerprint density at radius 1 is 1.27 bits per heavy atom. The fraction of sp³-hybridized carbons (Fsp3) is 0.400. The molecule has 1 aromatic carbocycles. The van der Waals surface area contributed by atoms with Gasteiger partial charge in [-0.1, -0.05) is 16.8 Å². The largest absolute Gasteiger partial charge is 0.465 e. The van der Waals surface area contributed by atoms with Gasteiger partial charge >= 0.3 is 5.97 Å². The van der Waals surface area contributed by atoms with Gasteiger partial charge in [0.25, 0.3) is 0 Å². The Bertz CT molecular complexity index is 639. The smallest absolute Gasteiger partial charge is 0.338 e. The van der Waals surface area contributed by atoms with Gasteiger partial charge in [0, 0.05) is 12.7 Å². The molecule has 1 aromatic heterocycles. The first-order valence-electron chi connectivity index (χ1n) is 6.82. The van der Waals surface area contributed by atoms with Gasteiger partial charge in [0.1, 0.15) is 12.4 Å². The lowest BCUT2D eigenvalue weighted by Crippen LogP contribution is -2.07. The molecule has 0 aliphatic carbocycles. The Hall–Kier alpha value is -2.25. The highest BCUT2D eigenvalue weighted by molar-refractivity contribution is 5.96. The second-order valence-electron chi connectivity index (χ2n) is 4.71. The molecular formula is C15H19N3O4. The maximum atomic E-state index is 11.9. The maximum Gasteiger partial charge on any atom is 0.338 e. The molecule has 118 valence electrons. The Kier molecular flexibility index (Phi) is 5.62. The molecule has 0 radical (unpaired) electrons. The van der Waals surface area contributed by atoms with Gasteiger partial charge in [-0.3, -0.25) is 0 Å². The molecule has 0 unspecified atom stereocenters. The van der Waals surface area contributed by atoms with Crippen molar-refractivity contribution in [2.45, 2.75) is 13.7 Å². The average molecular weight is 305 g/mol. The fourth-order valence-corrected chi connectivity index (χ4v) is 1.94. The SMILES string of the molecule is COCCOCn1cc(-c2cc(C)ccc2C(=O)OC)nn1. The topological polar surface area (TPSA) is 75.5 Å². The minimum atomic E-state index is -0.402. The average Bonchev–Trinajstić information content (AvgIpc) is 2.99. The van der Waals surface area contributed by atoms with Crippen LogP contribution < -0.4 is 0 Å². The second-order valence-corrected chi connectivity index (χ2v) is 4.71. The van der Waals surface area contributed by atoms with Crippen LogP contribution in [0.4, 0.5) is 0 Å². The van der Waals surface area contributed by atoms with Gasteiger partial charge in [0.15, 0.2) is 0 Å². The van der Waals surface area contributed by atoms with Crippen LogP contribution in [-0.4, -0.2) is 48.4 Å². The van der Waals surface area contributed by atoms with Gasteiger partial charge in [-0.2, -0.15) is 0 Å². The number of rotatable bonds is 7. The van der Waals surface area contributed by atoms with Gasteiger partial charge in [-0.25, -0.2) is 9.48 Å². The number of ether oxygens (including phenoxy) is 3. The highest BCUT2D eigenvalue weighted by Gasteiger charge is 2.16. The molecule has 0 aliphatic rings. The number of nitrogens with zero attached hydrogens (tertiary/aromatic N) is 3. The van der Waals surface area contributed by atoms with E-state index >= 15 is 0 Å². The second kappa shape index (κ2) is 7.67. The lowest BCUT2D eigenvalue weighted by atomic mass is 10.0. The Morgan fingerprint density at radius 3 is 2.82 bits per heavy atom. The quantitative estimate of drug-likeness (QED) is 0.572. The molecule has 0 amide bonds. The van der Waals surface area contributed by atoms with Crippen molar-refractivity contribution < 1.29 is 19.0 Å². The number of hydrogen-bond acceptors (Lipinski definition) is 6. The van der Waals surface area contributed by atoms with Crippen molar-refractivity contribution in [3.8, 4) is 11.3 Å². The summed E-state index contributed by atoms with van der Waals surface area (Å²) >= 11 is 0. The van der Waals surface area contributed by atoms with E-state index in [1.807, 2.05) is 19.1 Å². The van der Waals surface area contributed by atoms with Crippen LogP contribution in [0.2, 0.25) is 0 Å². The number of hydrogen-bond donors (Lipinski definition) is 0. The van der Waals surface area contributed by atoms with Crippen LogP contribution in [-0.2, 0) is 20.9 Å². The molecule has 7 nitrogen and oxygen atoms in total. The minimum absolute atomic E-state index is 0.274. The van der Waals surface area contributed by atoms with E-state index in [0.29, 0.717) is 30.0 Å². The molecule has 2 aromatic rings. The minimum Gasteiger partial charge on any atom is -0.465 e. The van der Waals surface area contributed by atoms with Crippen molar-refractivity contribution in [2.24, 2.45) is 0 Å². The summed E-state index contributed by atoms with van der Waals surface area (Å²) in [4.78, 5) is 11.9. The highest BCUT2D eigenvalue weighted by Crippen LogP contribution is 2.23. The van der Waals surface area contributed by atoms with Crippen LogP contribution in [0.3, 0.4) is 0 Å². The fourth-order valence-electron chi connectivity index (χ4n) is 1.94. The number of aromatic nitrogens is 3. The van der Waals surface area contributed by atoms with Crippen molar-refractivity contribution >= 4 is 5.97 Å². The van der Waals surface area contributed by atoms with Crippen LogP contribution in [0.25, 0.3) is 11.3 Å². The van der Waals surface area contributed by atoms with Crippen molar-refractivity contribution in [1.29, 1.82) is 0 Å². The zero-order valence-corrected chi connectivity index (χ0v) is 12.9. The number of aryl methyl sites for hydroxylation is 1. The van der Waals surface area contributed by atoms with Gasteiger partial charge < -0.3 is 14.2 Å². The Labute approximate surface area is 128 Å². The third-order valence-corrected chi connectivity index (χ3v) is 3.05. The summed E-state index contributed by atoms with van der Waals surface area (Å²) in [7, 11) is 2.97. The van der Waals surface area contributed by atoms with Crippen molar-refractivity contribution in [3.05, 3.63) is 35.5 Å².